The summed E-state index contributed by atoms with van der Waals surface area (Å²) in [5, 5.41) is 13.2. The van der Waals surface area contributed by atoms with Gasteiger partial charge in [0.1, 0.15) is 0 Å². The van der Waals surface area contributed by atoms with E-state index in [1.165, 1.54) is 132 Å². The average molecular weight is 803 g/mol. The lowest BCUT2D eigenvalue weighted by Gasteiger charge is -2.19. The highest BCUT2D eigenvalue weighted by Gasteiger charge is 2.31. The van der Waals surface area contributed by atoms with Crippen LogP contribution in [0.4, 0.5) is 0 Å². The van der Waals surface area contributed by atoms with Gasteiger partial charge in [-0.15, -0.1) is 0 Å². The van der Waals surface area contributed by atoms with Crippen molar-refractivity contribution in [3.05, 3.63) is 156 Å². The first-order valence-corrected chi connectivity index (χ1v) is 22.6. The van der Waals surface area contributed by atoms with Crippen LogP contribution < -0.4 is 0 Å². The van der Waals surface area contributed by atoms with Crippen molar-refractivity contribution < 1.29 is 0 Å². The third kappa shape index (κ3) is 4.52. The van der Waals surface area contributed by atoms with Gasteiger partial charge >= 0.3 is 0 Å². The van der Waals surface area contributed by atoms with Crippen LogP contribution in [0.5, 0.6) is 0 Å². The van der Waals surface area contributed by atoms with Gasteiger partial charge in [-0.25, -0.2) is 0 Å². The number of nitrogens with zero attached hydrogens (tertiary/aromatic N) is 4. The van der Waals surface area contributed by atoms with Gasteiger partial charge in [-0.3, -0.25) is 0 Å². The summed E-state index contributed by atoms with van der Waals surface area (Å²) in [5.74, 6) is 0. The molecule has 0 fully saturated rings. The van der Waals surface area contributed by atoms with Crippen molar-refractivity contribution in [1.82, 2.24) is 17.9 Å². The Balaban J connectivity index is 1.28. The molecule has 0 bridgehead atoms. The van der Waals surface area contributed by atoms with Gasteiger partial charge in [-0.2, -0.15) is 0 Å². The molecule has 0 N–H and O–H groups in total. The Labute approximate surface area is 360 Å². The summed E-state index contributed by atoms with van der Waals surface area (Å²) in [7, 11) is 0. The Morgan fingerprint density at radius 1 is 0.371 bits per heavy atom. The number of benzene rings is 7. The Kier molecular flexibility index (Phi) is 6.94. The molecular weight excluding hydrogens is 753 g/mol. The van der Waals surface area contributed by atoms with Crippen LogP contribution >= 0.6 is 0 Å². The van der Waals surface area contributed by atoms with E-state index in [9.17, 15) is 0 Å². The van der Waals surface area contributed by atoms with Gasteiger partial charge in [0, 0.05) is 87.5 Å². The van der Waals surface area contributed by atoms with E-state index in [1.807, 2.05) is 0 Å². The zero-order valence-corrected chi connectivity index (χ0v) is 36.9. The minimum Gasteiger partial charge on any atom is -0.312 e. The molecule has 0 aliphatic rings. The van der Waals surface area contributed by atoms with Crippen molar-refractivity contribution in [3.63, 3.8) is 0 Å². The molecule has 0 aliphatic heterocycles. The molecule has 62 heavy (non-hydrogen) atoms. The van der Waals surface area contributed by atoms with Gasteiger partial charge in [0.25, 0.3) is 0 Å². The molecule has 0 saturated heterocycles. The Morgan fingerprint density at radius 2 is 0.806 bits per heavy atom. The fourth-order valence-electron chi connectivity index (χ4n) is 11.5. The maximum Gasteiger partial charge on any atom is 0.0618 e. The van der Waals surface area contributed by atoms with Crippen molar-refractivity contribution >= 4 is 98.0 Å². The van der Waals surface area contributed by atoms with Crippen LogP contribution in [-0.4, -0.2) is 17.9 Å². The summed E-state index contributed by atoms with van der Waals surface area (Å²) < 4.78 is 10.3. The second kappa shape index (κ2) is 12.0. The zero-order chi connectivity index (χ0) is 42.1. The summed E-state index contributed by atoms with van der Waals surface area (Å²) in [5.41, 5.74) is 17.9. The van der Waals surface area contributed by atoms with Crippen molar-refractivity contribution in [1.29, 1.82) is 0 Å². The van der Waals surface area contributed by atoms with Crippen LogP contribution in [0, 0.1) is 0 Å². The number of para-hydroxylation sites is 2. The van der Waals surface area contributed by atoms with Crippen molar-refractivity contribution in [2.45, 2.75) is 79.1 Å². The Bertz CT molecular complexity index is 3750. The predicted octanol–water partition coefficient (Wildman–Crippen LogP) is 15.6. The monoisotopic (exact) mass is 802 g/mol. The van der Waals surface area contributed by atoms with Gasteiger partial charge in [0.2, 0.25) is 0 Å². The second-order valence-electron chi connectivity index (χ2n) is 20.0. The van der Waals surface area contributed by atoms with E-state index in [0.29, 0.717) is 0 Å². The largest absolute Gasteiger partial charge is 0.312 e. The number of aromatic nitrogens is 4. The Morgan fingerprint density at radius 3 is 1.23 bits per heavy atom. The maximum atomic E-state index is 2.63. The van der Waals surface area contributed by atoms with E-state index < -0.39 is 0 Å². The molecule has 0 amide bonds. The van der Waals surface area contributed by atoms with Crippen LogP contribution in [0.3, 0.4) is 0 Å². The van der Waals surface area contributed by atoms with Crippen molar-refractivity contribution in [2.75, 3.05) is 0 Å². The number of hydrogen-bond donors (Lipinski definition) is 0. The standard InChI is InChI=1S/C58H50N4/c1-9-33-17-15-19-37(25-33)59-43-23-13-11-21-39(43)51-47(59)27-35-29-49(57(3,4)5)61-45-32-46-42(31-41(45)53(51)55(35)61)54-52-40-22-12-14-24-44(40)60(38-20-16-18-34(10-2)26-38)48(52)28-36-30-50(58(6,7)8)62(46)56(36)54/h11-32H,9-10H2,1-8H3. The van der Waals surface area contributed by atoms with Gasteiger partial charge in [-0.1, -0.05) is 116 Å². The van der Waals surface area contributed by atoms with Crippen LogP contribution in [0.15, 0.2) is 133 Å². The van der Waals surface area contributed by atoms with Crippen LogP contribution in [0.1, 0.15) is 77.9 Å². The fraction of sp³-hybridized carbons (Fsp3) is 0.207. The average Bonchev–Trinajstić information content (AvgIpc) is 4.10. The first kappa shape index (κ1) is 35.9. The summed E-state index contributed by atoms with van der Waals surface area (Å²) in [6.45, 7) is 18.7. The molecule has 302 valence electrons. The van der Waals surface area contributed by atoms with Crippen molar-refractivity contribution in [2.24, 2.45) is 0 Å². The molecule has 0 spiro atoms. The highest BCUT2D eigenvalue weighted by Crippen LogP contribution is 2.51. The summed E-state index contributed by atoms with van der Waals surface area (Å²) >= 11 is 0. The molecule has 0 radical (unpaired) electrons. The smallest absolute Gasteiger partial charge is 0.0618 e. The van der Waals surface area contributed by atoms with E-state index in [4.69, 9.17) is 0 Å². The molecule has 13 rings (SSSR count). The third-order valence-electron chi connectivity index (χ3n) is 14.3. The lowest BCUT2D eigenvalue weighted by molar-refractivity contribution is 0.567. The maximum absolute atomic E-state index is 2.63. The van der Waals surface area contributed by atoms with Crippen LogP contribution in [0.25, 0.3) is 109 Å². The first-order chi connectivity index (χ1) is 29.9. The summed E-state index contributed by atoms with van der Waals surface area (Å²) in [4.78, 5) is 0. The number of aryl methyl sites for hydroxylation is 2. The van der Waals surface area contributed by atoms with Crippen molar-refractivity contribution in [3.8, 4) is 11.4 Å². The third-order valence-corrected chi connectivity index (χ3v) is 14.3. The fourth-order valence-corrected chi connectivity index (χ4v) is 11.5. The lowest BCUT2D eigenvalue weighted by atomic mass is 9.91. The summed E-state index contributed by atoms with van der Waals surface area (Å²) in [6.07, 6.45) is 2.00. The molecule has 6 aromatic heterocycles. The molecule has 13 aromatic rings. The van der Waals surface area contributed by atoms with E-state index in [2.05, 4.69) is 207 Å². The molecule has 0 saturated carbocycles. The van der Waals surface area contributed by atoms with E-state index in [-0.39, 0.29) is 10.8 Å². The molecule has 4 heteroatoms. The van der Waals surface area contributed by atoms with E-state index in [1.54, 1.807) is 0 Å². The molecular formula is C58H50N4. The second-order valence-corrected chi connectivity index (χ2v) is 20.0. The van der Waals surface area contributed by atoms with Crippen LogP contribution in [0.2, 0.25) is 0 Å². The predicted molar refractivity (Wildman–Crippen MR) is 266 cm³/mol. The highest BCUT2D eigenvalue weighted by atomic mass is 15.0. The van der Waals surface area contributed by atoms with Gasteiger partial charge in [0.15, 0.2) is 0 Å². The van der Waals surface area contributed by atoms with Crippen LogP contribution in [-0.2, 0) is 23.7 Å². The topological polar surface area (TPSA) is 18.7 Å². The number of rotatable bonds is 4. The Hall–Kier alpha value is -6.78. The number of fused-ring (bicyclic) bond motifs is 14. The molecule has 0 atom stereocenters. The lowest BCUT2D eigenvalue weighted by Crippen LogP contribution is -2.14. The van der Waals surface area contributed by atoms with E-state index >= 15 is 0 Å². The molecule has 6 heterocycles. The quantitative estimate of drug-likeness (QED) is 0.169. The zero-order valence-electron chi connectivity index (χ0n) is 36.9. The number of hydrogen-bond acceptors (Lipinski definition) is 0. The SMILES string of the molecule is CCc1cccc(-n2c3ccccc3c3c4c5cc6c7c8c9ccccc9n(-c9cccc(CC)c9)c8cc8cc(C(C)(C)C)n(c6cc5n5c(C(C)(C)C)cc(cc32)c45)c87)c1. The molecule has 0 aliphatic carbocycles. The minimum absolute atomic E-state index is 0.0856. The first-order valence-electron chi connectivity index (χ1n) is 22.6. The molecule has 7 aromatic carbocycles. The van der Waals surface area contributed by atoms with Gasteiger partial charge in [-0.05, 0) is 96.8 Å². The molecule has 0 unspecified atom stereocenters. The van der Waals surface area contributed by atoms with Gasteiger partial charge in [0.05, 0.1) is 44.1 Å². The molecule has 4 nitrogen and oxygen atoms in total. The van der Waals surface area contributed by atoms with Gasteiger partial charge < -0.3 is 17.9 Å². The summed E-state index contributed by atoms with van der Waals surface area (Å²) in [6, 6.07) is 51.5. The minimum atomic E-state index is -0.0856. The highest BCUT2D eigenvalue weighted by molar-refractivity contribution is 6.37. The normalized spacial score (nSPS) is 13.3. The van der Waals surface area contributed by atoms with E-state index in [0.717, 1.165) is 12.8 Å².